The van der Waals surface area contributed by atoms with Gasteiger partial charge in [0.15, 0.2) is 5.16 Å². The van der Waals surface area contributed by atoms with E-state index in [0.717, 1.165) is 23.0 Å². The molecule has 1 atom stereocenters. The van der Waals surface area contributed by atoms with Gasteiger partial charge < -0.3 is 10.6 Å². The molecule has 118 valence electrons. The van der Waals surface area contributed by atoms with Gasteiger partial charge >= 0.3 is 0 Å². The van der Waals surface area contributed by atoms with Crippen LogP contribution in [0.4, 0.5) is 0 Å². The minimum absolute atomic E-state index is 0.0424. The highest BCUT2D eigenvalue weighted by atomic mass is 32.2. The van der Waals surface area contributed by atoms with E-state index in [0.29, 0.717) is 12.1 Å². The molecule has 0 aliphatic rings. The van der Waals surface area contributed by atoms with Crippen LogP contribution in [0.2, 0.25) is 0 Å². The second-order valence-corrected chi connectivity index (χ2v) is 5.91. The van der Waals surface area contributed by atoms with Crippen LogP contribution in [0.3, 0.4) is 0 Å². The van der Waals surface area contributed by atoms with Crippen molar-refractivity contribution in [2.75, 3.05) is 13.1 Å². The molecule has 7 heteroatoms. The number of amides is 1. The van der Waals surface area contributed by atoms with E-state index in [4.69, 9.17) is 0 Å². The van der Waals surface area contributed by atoms with Crippen LogP contribution in [0.5, 0.6) is 0 Å². The first-order valence-electron chi connectivity index (χ1n) is 7.27. The Bertz CT molecular complexity index is 570. The Morgan fingerprint density at radius 2 is 2.14 bits per heavy atom. The van der Waals surface area contributed by atoms with Gasteiger partial charge in [-0.1, -0.05) is 30.8 Å². The van der Waals surface area contributed by atoms with Crippen molar-refractivity contribution in [3.63, 3.8) is 0 Å². The molecule has 0 bridgehead atoms. The standard InChI is InChI=1S/C15H21N5OS/c1-3-16-11(2)8-17-14(21)13-6-4-12(5-7-13)9-22-15-18-10-19-20-15/h4-7,10-11,16H,3,8-9H2,1-2H3,(H,17,21)(H,18,19,20)/t11-/m1/s1. The van der Waals surface area contributed by atoms with Crippen molar-refractivity contribution in [2.45, 2.75) is 30.8 Å². The molecule has 1 heterocycles. The number of thioether (sulfide) groups is 1. The fraction of sp³-hybridized carbons (Fsp3) is 0.400. The van der Waals surface area contributed by atoms with E-state index in [1.807, 2.05) is 38.1 Å². The number of likely N-dealkylation sites (N-methyl/N-ethyl adjacent to an activating group) is 1. The third kappa shape index (κ3) is 5.16. The number of nitrogens with one attached hydrogen (secondary N) is 3. The van der Waals surface area contributed by atoms with Crippen LogP contribution in [0.15, 0.2) is 35.7 Å². The van der Waals surface area contributed by atoms with Crippen molar-refractivity contribution in [3.05, 3.63) is 41.7 Å². The topological polar surface area (TPSA) is 82.7 Å². The molecule has 0 spiro atoms. The van der Waals surface area contributed by atoms with E-state index in [1.165, 1.54) is 6.33 Å². The molecule has 1 aromatic heterocycles. The molecule has 0 aliphatic carbocycles. The lowest BCUT2D eigenvalue weighted by Crippen LogP contribution is -2.38. The molecule has 3 N–H and O–H groups in total. The fourth-order valence-electron chi connectivity index (χ4n) is 1.94. The van der Waals surface area contributed by atoms with Crippen LogP contribution in [0.25, 0.3) is 0 Å². The first-order valence-corrected chi connectivity index (χ1v) is 8.26. The first kappa shape index (κ1) is 16.5. The fourth-order valence-corrected chi connectivity index (χ4v) is 2.67. The average Bonchev–Trinajstić information content (AvgIpc) is 3.05. The minimum Gasteiger partial charge on any atom is -0.350 e. The maximum atomic E-state index is 12.0. The number of H-pyrrole nitrogens is 1. The van der Waals surface area contributed by atoms with Gasteiger partial charge in [0.2, 0.25) is 0 Å². The van der Waals surface area contributed by atoms with E-state index < -0.39 is 0 Å². The monoisotopic (exact) mass is 319 g/mol. The van der Waals surface area contributed by atoms with Crippen LogP contribution in [0, 0.1) is 0 Å². The highest BCUT2D eigenvalue weighted by Crippen LogP contribution is 2.18. The molecule has 0 unspecified atom stereocenters. The predicted molar refractivity (Wildman–Crippen MR) is 87.9 cm³/mol. The van der Waals surface area contributed by atoms with Gasteiger partial charge in [-0.25, -0.2) is 4.98 Å². The second-order valence-electron chi connectivity index (χ2n) is 4.94. The number of rotatable bonds is 8. The lowest BCUT2D eigenvalue weighted by atomic mass is 10.1. The molecule has 0 saturated heterocycles. The highest BCUT2D eigenvalue weighted by molar-refractivity contribution is 7.98. The number of hydrogen-bond acceptors (Lipinski definition) is 5. The van der Waals surface area contributed by atoms with Crippen molar-refractivity contribution in [1.82, 2.24) is 25.8 Å². The van der Waals surface area contributed by atoms with E-state index in [-0.39, 0.29) is 11.9 Å². The number of benzene rings is 1. The zero-order chi connectivity index (χ0) is 15.8. The van der Waals surface area contributed by atoms with Gasteiger partial charge in [-0.2, -0.15) is 5.10 Å². The molecular weight excluding hydrogens is 298 g/mol. The highest BCUT2D eigenvalue weighted by Gasteiger charge is 2.07. The van der Waals surface area contributed by atoms with Gasteiger partial charge in [0.05, 0.1) is 0 Å². The summed E-state index contributed by atoms with van der Waals surface area (Å²) in [6.07, 6.45) is 1.49. The Hall–Kier alpha value is -1.86. The van der Waals surface area contributed by atoms with E-state index in [9.17, 15) is 4.79 Å². The quantitative estimate of drug-likeness (QED) is 0.647. The largest absolute Gasteiger partial charge is 0.350 e. The van der Waals surface area contributed by atoms with Gasteiger partial charge in [-0.3, -0.25) is 9.89 Å². The zero-order valence-electron chi connectivity index (χ0n) is 12.8. The summed E-state index contributed by atoms with van der Waals surface area (Å²) < 4.78 is 0. The minimum atomic E-state index is -0.0424. The zero-order valence-corrected chi connectivity index (χ0v) is 13.6. The number of hydrogen-bond donors (Lipinski definition) is 3. The SMILES string of the molecule is CCN[C@H](C)CNC(=O)c1ccc(CSc2ncn[nH]2)cc1. The van der Waals surface area contributed by atoms with Crippen molar-refractivity contribution in [3.8, 4) is 0 Å². The normalized spacial score (nSPS) is 12.1. The summed E-state index contributed by atoms with van der Waals surface area (Å²) in [4.78, 5) is 16.1. The van der Waals surface area contributed by atoms with Crippen molar-refractivity contribution < 1.29 is 4.79 Å². The molecule has 0 saturated carbocycles. The predicted octanol–water partition coefficient (Wildman–Crippen LogP) is 1.82. The molecule has 0 radical (unpaired) electrons. The molecule has 2 rings (SSSR count). The number of carbonyl (C=O) groups excluding carboxylic acids is 1. The summed E-state index contributed by atoms with van der Waals surface area (Å²) in [6.45, 7) is 5.62. The van der Waals surface area contributed by atoms with Crippen molar-refractivity contribution >= 4 is 17.7 Å². The van der Waals surface area contributed by atoms with Gasteiger partial charge in [0.1, 0.15) is 6.33 Å². The summed E-state index contributed by atoms with van der Waals surface area (Å²) in [5.74, 6) is 0.744. The third-order valence-corrected chi connectivity index (χ3v) is 4.05. The molecular formula is C15H21N5OS. The van der Waals surface area contributed by atoms with Gasteiger partial charge in [0.25, 0.3) is 5.91 Å². The number of carbonyl (C=O) groups is 1. The molecule has 1 amide bonds. The lowest BCUT2D eigenvalue weighted by molar-refractivity contribution is 0.0950. The Balaban J connectivity index is 1.81. The van der Waals surface area contributed by atoms with Crippen molar-refractivity contribution in [2.24, 2.45) is 0 Å². The summed E-state index contributed by atoms with van der Waals surface area (Å²) in [6, 6.07) is 7.90. The van der Waals surface area contributed by atoms with Crippen molar-refractivity contribution in [1.29, 1.82) is 0 Å². The van der Waals surface area contributed by atoms with Crippen LogP contribution < -0.4 is 10.6 Å². The average molecular weight is 319 g/mol. The Morgan fingerprint density at radius 3 is 2.77 bits per heavy atom. The Kier molecular flexibility index (Phi) is 6.42. The van der Waals surface area contributed by atoms with Crippen LogP contribution in [-0.4, -0.2) is 40.2 Å². The Morgan fingerprint density at radius 1 is 1.36 bits per heavy atom. The molecule has 0 aliphatic heterocycles. The van der Waals surface area contributed by atoms with E-state index in [2.05, 4.69) is 25.8 Å². The Labute approximate surface area is 134 Å². The molecule has 0 fully saturated rings. The van der Waals surface area contributed by atoms with Crippen LogP contribution in [-0.2, 0) is 5.75 Å². The summed E-state index contributed by atoms with van der Waals surface area (Å²) in [7, 11) is 0. The number of nitrogens with zero attached hydrogens (tertiary/aromatic N) is 2. The lowest BCUT2D eigenvalue weighted by Gasteiger charge is -2.13. The maximum absolute atomic E-state index is 12.0. The number of aromatic nitrogens is 3. The summed E-state index contributed by atoms with van der Waals surface area (Å²) in [5, 5.41) is 13.6. The first-order chi connectivity index (χ1) is 10.7. The van der Waals surface area contributed by atoms with Crippen LogP contribution in [0.1, 0.15) is 29.8 Å². The van der Waals surface area contributed by atoms with Gasteiger partial charge in [0, 0.05) is 23.9 Å². The maximum Gasteiger partial charge on any atom is 0.251 e. The molecule has 2 aromatic rings. The summed E-state index contributed by atoms with van der Waals surface area (Å²) >= 11 is 1.58. The molecule has 22 heavy (non-hydrogen) atoms. The van der Waals surface area contributed by atoms with E-state index in [1.54, 1.807) is 11.8 Å². The molecule has 6 nitrogen and oxygen atoms in total. The molecule has 1 aromatic carbocycles. The number of aromatic amines is 1. The smallest absolute Gasteiger partial charge is 0.251 e. The van der Waals surface area contributed by atoms with Gasteiger partial charge in [-0.15, -0.1) is 0 Å². The summed E-state index contributed by atoms with van der Waals surface area (Å²) in [5.41, 5.74) is 1.82. The third-order valence-electron chi connectivity index (χ3n) is 3.11. The van der Waals surface area contributed by atoms with Gasteiger partial charge in [-0.05, 0) is 31.2 Å². The van der Waals surface area contributed by atoms with Crippen LogP contribution >= 0.6 is 11.8 Å². The van der Waals surface area contributed by atoms with E-state index >= 15 is 0 Å². The second kappa shape index (κ2) is 8.55.